The number of carbonyl (C=O) groups excluding carboxylic acids is 1. The van der Waals surface area contributed by atoms with Gasteiger partial charge in [-0.25, -0.2) is 0 Å². The lowest BCUT2D eigenvalue weighted by molar-refractivity contribution is 0.0733. The van der Waals surface area contributed by atoms with Crippen LogP contribution in [0.1, 0.15) is 38.3 Å². The lowest BCUT2D eigenvalue weighted by atomic mass is 9.91. The minimum atomic E-state index is 0.209. The van der Waals surface area contributed by atoms with Crippen molar-refractivity contribution in [3.63, 3.8) is 0 Å². The van der Waals surface area contributed by atoms with E-state index in [2.05, 4.69) is 59.9 Å². The van der Waals surface area contributed by atoms with Gasteiger partial charge in [0.2, 0.25) is 0 Å². The van der Waals surface area contributed by atoms with Gasteiger partial charge in [-0.1, -0.05) is 6.07 Å². The van der Waals surface area contributed by atoms with Gasteiger partial charge < -0.3 is 9.80 Å². The van der Waals surface area contributed by atoms with Crippen LogP contribution in [-0.2, 0) is 12.8 Å². The Labute approximate surface area is 169 Å². The smallest absolute Gasteiger partial charge is 0.254 e. The van der Waals surface area contributed by atoms with Gasteiger partial charge in [-0.2, -0.15) is 0 Å². The summed E-state index contributed by atoms with van der Waals surface area (Å²) in [4.78, 5) is 18.6. The summed E-state index contributed by atoms with van der Waals surface area (Å²) in [6, 6.07) is 8.39. The summed E-state index contributed by atoms with van der Waals surface area (Å²) < 4.78 is 1.20. The van der Waals surface area contributed by atoms with Gasteiger partial charge in [0.05, 0.1) is 3.79 Å². The largest absolute Gasteiger partial charge is 0.338 e. The van der Waals surface area contributed by atoms with Crippen molar-refractivity contribution < 1.29 is 4.79 Å². The third-order valence-electron chi connectivity index (χ3n) is 5.36. The number of benzene rings is 1. The highest BCUT2D eigenvalue weighted by atomic mass is 79.9. The predicted molar refractivity (Wildman–Crippen MR) is 113 cm³/mol. The van der Waals surface area contributed by atoms with Crippen LogP contribution < -0.4 is 0 Å². The molecular formula is C21H27BrN2OS. The van der Waals surface area contributed by atoms with Gasteiger partial charge in [0.25, 0.3) is 5.91 Å². The lowest BCUT2D eigenvalue weighted by Crippen LogP contribution is -2.39. The van der Waals surface area contributed by atoms with E-state index in [9.17, 15) is 4.79 Å². The quantitative estimate of drug-likeness (QED) is 0.630. The molecule has 1 aromatic heterocycles. The van der Waals surface area contributed by atoms with Gasteiger partial charge in [-0.15, -0.1) is 11.3 Å². The molecule has 140 valence electrons. The molecule has 0 aliphatic carbocycles. The first kappa shape index (κ1) is 19.6. The molecule has 5 heteroatoms. The normalized spacial score (nSPS) is 14.2. The lowest BCUT2D eigenvalue weighted by Gasteiger charge is -2.30. The second-order valence-electron chi connectivity index (χ2n) is 7.19. The van der Waals surface area contributed by atoms with Gasteiger partial charge in [0, 0.05) is 30.1 Å². The highest BCUT2D eigenvalue weighted by molar-refractivity contribution is 9.11. The maximum Gasteiger partial charge on any atom is 0.254 e. The van der Waals surface area contributed by atoms with Crippen LogP contribution >= 0.6 is 27.3 Å². The molecule has 3 rings (SSSR count). The zero-order valence-electron chi connectivity index (χ0n) is 15.8. The van der Waals surface area contributed by atoms with Crippen molar-refractivity contribution in [2.45, 2.75) is 33.1 Å². The summed E-state index contributed by atoms with van der Waals surface area (Å²) in [5.41, 5.74) is 4.74. The first-order valence-electron chi connectivity index (χ1n) is 9.27. The molecule has 1 amide bonds. The Kier molecular flexibility index (Phi) is 6.54. The van der Waals surface area contributed by atoms with Crippen LogP contribution in [0, 0.1) is 13.8 Å². The summed E-state index contributed by atoms with van der Waals surface area (Å²) in [6.45, 7) is 8.04. The predicted octanol–water partition coefficient (Wildman–Crippen LogP) is 4.69. The molecule has 2 aromatic rings. The van der Waals surface area contributed by atoms with Crippen molar-refractivity contribution in [2.24, 2.45) is 0 Å². The van der Waals surface area contributed by atoms with Crippen molar-refractivity contribution in [2.75, 3.05) is 33.2 Å². The molecule has 0 atom stereocenters. The highest BCUT2D eigenvalue weighted by Gasteiger charge is 2.25. The Morgan fingerprint density at radius 2 is 2.00 bits per heavy atom. The van der Waals surface area contributed by atoms with Crippen molar-refractivity contribution >= 4 is 33.2 Å². The Bertz CT molecular complexity index is 786. The second-order valence-corrected chi connectivity index (χ2v) is 9.74. The van der Waals surface area contributed by atoms with Crippen LogP contribution in [0.5, 0.6) is 0 Å². The average Bonchev–Trinajstić information content (AvgIpc) is 3.04. The Morgan fingerprint density at radius 3 is 2.73 bits per heavy atom. The number of hydrogen-bond acceptors (Lipinski definition) is 3. The highest BCUT2D eigenvalue weighted by Crippen LogP contribution is 2.25. The number of rotatable bonds is 7. The summed E-state index contributed by atoms with van der Waals surface area (Å²) >= 11 is 5.33. The average molecular weight is 435 g/mol. The van der Waals surface area contributed by atoms with E-state index in [0.29, 0.717) is 0 Å². The first-order valence-corrected chi connectivity index (χ1v) is 10.9. The fraction of sp³-hybridized carbons (Fsp3) is 0.476. The van der Waals surface area contributed by atoms with E-state index in [1.54, 1.807) is 0 Å². The van der Waals surface area contributed by atoms with Gasteiger partial charge in [0.1, 0.15) is 0 Å². The van der Waals surface area contributed by atoms with E-state index in [-0.39, 0.29) is 5.91 Å². The number of hydrogen-bond donors (Lipinski definition) is 0. The first-order chi connectivity index (χ1) is 12.5. The van der Waals surface area contributed by atoms with Crippen LogP contribution in [0.25, 0.3) is 0 Å². The monoisotopic (exact) mass is 434 g/mol. The number of aryl methyl sites for hydroxylation is 1. The molecule has 0 N–H and O–H groups in total. The minimum absolute atomic E-state index is 0.209. The maximum atomic E-state index is 12.8. The molecule has 0 saturated carbocycles. The molecule has 3 nitrogen and oxygen atoms in total. The fourth-order valence-corrected chi connectivity index (χ4v) is 5.03. The molecule has 0 radical (unpaired) electrons. The van der Waals surface area contributed by atoms with E-state index in [1.807, 2.05) is 22.3 Å². The van der Waals surface area contributed by atoms with Crippen LogP contribution in [-0.4, -0.2) is 48.9 Å². The molecule has 26 heavy (non-hydrogen) atoms. The summed E-state index contributed by atoms with van der Waals surface area (Å²) in [5, 5.41) is 0. The summed E-state index contributed by atoms with van der Waals surface area (Å²) in [5.74, 6) is 0.209. The molecular weight excluding hydrogens is 408 g/mol. The van der Waals surface area contributed by atoms with Crippen LogP contribution in [0.3, 0.4) is 0 Å². The Balaban J connectivity index is 1.46. The molecule has 1 aromatic carbocycles. The van der Waals surface area contributed by atoms with E-state index in [1.165, 1.54) is 25.4 Å². The number of fused-ring (bicyclic) bond motifs is 1. The zero-order chi connectivity index (χ0) is 18.7. The van der Waals surface area contributed by atoms with Crippen molar-refractivity contribution in [1.29, 1.82) is 0 Å². The number of likely N-dealkylation sites (N-methyl/N-ethyl adjacent to an activating group) is 1. The number of nitrogens with zero attached hydrogens (tertiary/aromatic N) is 2. The molecule has 1 aliphatic heterocycles. The van der Waals surface area contributed by atoms with E-state index in [4.69, 9.17) is 0 Å². The second kappa shape index (κ2) is 8.68. The fourth-order valence-electron chi connectivity index (χ4n) is 3.56. The van der Waals surface area contributed by atoms with E-state index >= 15 is 0 Å². The maximum absolute atomic E-state index is 12.8. The van der Waals surface area contributed by atoms with Crippen molar-refractivity contribution in [3.05, 3.63) is 55.2 Å². The molecule has 0 bridgehead atoms. The van der Waals surface area contributed by atoms with E-state index in [0.717, 1.165) is 51.0 Å². The number of halogens is 1. The van der Waals surface area contributed by atoms with Crippen LogP contribution in [0.15, 0.2) is 28.1 Å². The topological polar surface area (TPSA) is 23.6 Å². The van der Waals surface area contributed by atoms with E-state index < -0.39 is 0 Å². The van der Waals surface area contributed by atoms with Gasteiger partial charge in [0.15, 0.2) is 0 Å². The Morgan fingerprint density at radius 1 is 1.19 bits per heavy atom. The van der Waals surface area contributed by atoms with Gasteiger partial charge in [-0.05, 0) is 97.5 Å². The number of carbonyl (C=O) groups is 1. The zero-order valence-corrected chi connectivity index (χ0v) is 18.3. The van der Waals surface area contributed by atoms with Crippen molar-refractivity contribution in [1.82, 2.24) is 9.80 Å². The molecule has 1 aliphatic rings. The third kappa shape index (κ3) is 4.56. The van der Waals surface area contributed by atoms with Crippen LogP contribution in [0.4, 0.5) is 0 Å². The summed E-state index contributed by atoms with van der Waals surface area (Å²) in [7, 11) is 2.17. The van der Waals surface area contributed by atoms with Gasteiger partial charge >= 0.3 is 0 Å². The molecule has 0 fully saturated rings. The number of amides is 1. The number of thiophene rings is 1. The standard InChI is InChI=1S/C21H27BrN2OS/c1-15-5-7-19-18(16(15)2)10-14-24(21(19)25)12-4-11-23(3)13-9-17-6-8-20(22)26-17/h5-8H,4,9-14H2,1-3H3. The molecule has 2 heterocycles. The Hall–Kier alpha value is -1.17. The summed E-state index contributed by atoms with van der Waals surface area (Å²) in [6.07, 6.45) is 3.09. The van der Waals surface area contributed by atoms with Gasteiger partial charge in [-0.3, -0.25) is 4.79 Å². The molecule has 0 spiro atoms. The minimum Gasteiger partial charge on any atom is -0.338 e. The molecule has 0 saturated heterocycles. The van der Waals surface area contributed by atoms with Crippen molar-refractivity contribution in [3.8, 4) is 0 Å². The van der Waals surface area contributed by atoms with Crippen LogP contribution in [0.2, 0.25) is 0 Å². The molecule has 0 unspecified atom stereocenters. The third-order valence-corrected chi connectivity index (χ3v) is 7.04. The SMILES string of the molecule is Cc1ccc2c(c1C)CCN(CCCN(C)CCc1ccc(Br)s1)C2=O.